The molecular weight excluding hydrogens is 639 g/mol. The van der Waals surface area contributed by atoms with Crippen molar-refractivity contribution in [3.63, 3.8) is 0 Å². The van der Waals surface area contributed by atoms with E-state index in [0.29, 0.717) is 53.2 Å². The van der Waals surface area contributed by atoms with Gasteiger partial charge in [-0.1, -0.05) is 17.7 Å². The van der Waals surface area contributed by atoms with Crippen LogP contribution in [-0.4, -0.2) is 56.6 Å². The molecule has 0 radical (unpaired) electrons. The van der Waals surface area contributed by atoms with Crippen molar-refractivity contribution in [1.29, 1.82) is 0 Å². The number of halogens is 2. The van der Waals surface area contributed by atoms with Crippen LogP contribution in [0.5, 0.6) is 5.88 Å². The van der Waals surface area contributed by atoms with Gasteiger partial charge in [-0.15, -0.1) is 0 Å². The molecule has 13 heteroatoms. The molecule has 1 spiro atoms. The van der Waals surface area contributed by atoms with E-state index in [2.05, 4.69) is 15.5 Å². The number of allylic oxidation sites excluding steroid dienone is 3. The van der Waals surface area contributed by atoms with Gasteiger partial charge in [-0.3, -0.25) is 23.9 Å². The number of aryl methyl sites for hydroxylation is 2. The minimum atomic E-state index is -0.713. The number of hydrogen-bond donors (Lipinski definition) is 2. The SMILES string of the molecule is COc1nc(-c2ccc(F)c(C3=C(C)C(NC(=O)c4cn(C)c(=O)n(C)c4=O)=CCC3)c2Cl)cc2c1[C@@H](N1CC3(CCC(=O)N3)C1)CC2. The van der Waals surface area contributed by atoms with Crippen LogP contribution in [0.25, 0.3) is 16.8 Å². The molecule has 4 aliphatic rings. The number of pyridine rings is 1. The third-order valence-corrected chi connectivity index (χ3v) is 10.6. The van der Waals surface area contributed by atoms with Crippen LogP contribution in [0.4, 0.5) is 4.39 Å². The Kier molecular flexibility index (Phi) is 7.91. The average Bonchev–Trinajstić information content (AvgIpc) is 3.66. The highest BCUT2D eigenvalue weighted by atomic mass is 35.5. The van der Waals surface area contributed by atoms with Gasteiger partial charge < -0.3 is 19.9 Å². The molecule has 0 bridgehead atoms. The fourth-order valence-electron chi connectivity index (χ4n) is 7.70. The number of methoxy groups -OCH3 is 1. The van der Waals surface area contributed by atoms with Gasteiger partial charge in [-0.2, -0.15) is 0 Å². The third kappa shape index (κ3) is 5.18. The number of nitrogens with zero attached hydrogens (tertiary/aromatic N) is 4. The molecule has 250 valence electrons. The molecule has 2 aromatic heterocycles. The lowest BCUT2D eigenvalue weighted by Gasteiger charge is -2.50. The number of fused-ring (bicyclic) bond motifs is 1. The van der Waals surface area contributed by atoms with Crippen LogP contribution < -0.4 is 26.6 Å². The van der Waals surface area contributed by atoms with E-state index in [0.717, 1.165) is 48.0 Å². The van der Waals surface area contributed by atoms with Gasteiger partial charge in [0.1, 0.15) is 11.4 Å². The van der Waals surface area contributed by atoms with Gasteiger partial charge in [0.2, 0.25) is 11.8 Å². The van der Waals surface area contributed by atoms with E-state index in [9.17, 15) is 19.2 Å². The largest absolute Gasteiger partial charge is 0.481 e. The van der Waals surface area contributed by atoms with Crippen molar-refractivity contribution < 1.29 is 18.7 Å². The summed E-state index contributed by atoms with van der Waals surface area (Å²) in [5, 5.41) is 6.14. The van der Waals surface area contributed by atoms with E-state index in [1.807, 2.05) is 12.1 Å². The molecule has 3 aromatic rings. The zero-order valence-electron chi connectivity index (χ0n) is 27.2. The topological polar surface area (TPSA) is 128 Å². The standard InChI is InChI=1S/C35H36ClFN6O5/c1-18-20(6-5-7-24(18)38-31(45)22-15-41(2)34(47)42(3)33(22)46)29-23(37)10-9-21(30(29)36)25-14-19-8-11-26(28(19)32(39-25)48-4)43-16-35(17-43)13-12-27(44)40-35/h7,9-10,14-15,26H,5-6,8,11-13,16-17H2,1-4H3,(H,38,45)(H,40,44)/t26-/m0/s1. The quantitative estimate of drug-likeness (QED) is 0.408. The minimum Gasteiger partial charge on any atom is -0.481 e. The summed E-state index contributed by atoms with van der Waals surface area (Å²) in [6, 6.07) is 5.14. The van der Waals surface area contributed by atoms with E-state index in [4.69, 9.17) is 21.3 Å². The first kappa shape index (κ1) is 32.0. The molecule has 2 aliphatic carbocycles. The second-order valence-corrected chi connectivity index (χ2v) is 13.6. The number of hydrogen-bond acceptors (Lipinski definition) is 7. The Labute approximate surface area is 281 Å². The highest BCUT2D eigenvalue weighted by Crippen LogP contribution is 2.48. The van der Waals surface area contributed by atoms with Crippen molar-refractivity contribution >= 4 is 29.0 Å². The molecule has 4 heterocycles. The second-order valence-electron chi connectivity index (χ2n) is 13.2. The maximum Gasteiger partial charge on any atom is 0.330 e. The van der Waals surface area contributed by atoms with Crippen molar-refractivity contribution in [2.75, 3.05) is 20.2 Å². The number of amides is 2. The fraction of sp³-hybridized carbons (Fsp3) is 0.400. The number of nitrogens with one attached hydrogen (secondary N) is 2. The van der Waals surface area contributed by atoms with Crippen LogP contribution in [0, 0.1) is 5.82 Å². The Morgan fingerprint density at radius 1 is 1.17 bits per heavy atom. The summed E-state index contributed by atoms with van der Waals surface area (Å²) < 4.78 is 23.5. The summed E-state index contributed by atoms with van der Waals surface area (Å²) in [5.41, 5.74) is 3.62. The zero-order chi connectivity index (χ0) is 34.1. The number of carbonyl (C=O) groups excluding carboxylic acids is 2. The summed E-state index contributed by atoms with van der Waals surface area (Å²) in [6.07, 6.45) is 7.17. The first-order valence-corrected chi connectivity index (χ1v) is 16.4. The maximum atomic E-state index is 15.7. The highest BCUT2D eigenvalue weighted by molar-refractivity contribution is 6.35. The number of likely N-dealkylation sites (tertiary alicyclic amines) is 1. The van der Waals surface area contributed by atoms with Gasteiger partial charge in [-0.25, -0.2) is 14.2 Å². The highest BCUT2D eigenvalue weighted by Gasteiger charge is 2.51. The number of benzene rings is 1. The van der Waals surface area contributed by atoms with E-state index in [1.54, 1.807) is 20.1 Å². The maximum absolute atomic E-state index is 15.7. The monoisotopic (exact) mass is 674 g/mol. The summed E-state index contributed by atoms with van der Waals surface area (Å²) >= 11 is 7.02. The molecule has 2 aliphatic heterocycles. The lowest BCUT2D eigenvalue weighted by molar-refractivity contribution is -0.121. The van der Waals surface area contributed by atoms with E-state index < -0.39 is 23.0 Å². The van der Waals surface area contributed by atoms with Crippen molar-refractivity contribution in [3.05, 3.63) is 95.7 Å². The molecule has 1 aromatic carbocycles. The Balaban J connectivity index is 1.19. The Morgan fingerprint density at radius 2 is 1.94 bits per heavy atom. The average molecular weight is 675 g/mol. The molecule has 0 unspecified atom stereocenters. The van der Waals surface area contributed by atoms with Crippen molar-refractivity contribution in [2.24, 2.45) is 14.1 Å². The predicted molar refractivity (Wildman–Crippen MR) is 178 cm³/mol. The minimum absolute atomic E-state index is 0.116. The zero-order valence-corrected chi connectivity index (χ0v) is 28.0. The lowest BCUT2D eigenvalue weighted by atomic mass is 9.86. The van der Waals surface area contributed by atoms with Crippen LogP contribution in [0.1, 0.15) is 72.1 Å². The van der Waals surface area contributed by atoms with Gasteiger partial charge in [0.05, 0.1) is 23.4 Å². The summed E-state index contributed by atoms with van der Waals surface area (Å²) in [6.45, 7) is 3.37. The lowest BCUT2D eigenvalue weighted by Crippen LogP contribution is -2.67. The molecule has 7 rings (SSSR count). The fourth-order valence-corrected chi connectivity index (χ4v) is 8.07. The Hall–Kier alpha value is -4.55. The van der Waals surface area contributed by atoms with Gasteiger partial charge in [0, 0.05) is 68.2 Å². The van der Waals surface area contributed by atoms with Gasteiger partial charge >= 0.3 is 5.69 Å². The second kappa shape index (κ2) is 11.9. The molecule has 2 amide bonds. The first-order valence-electron chi connectivity index (χ1n) is 16.0. The summed E-state index contributed by atoms with van der Waals surface area (Å²) in [4.78, 5) is 57.1. The number of rotatable bonds is 6. The van der Waals surface area contributed by atoms with Crippen LogP contribution in [0.15, 0.2) is 51.3 Å². The molecule has 0 saturated carbocycles. The molecule has 48 heavy (non-hydrogen) atoms. The van der Waals surface area contributed by atoms with Crippen LogP contribution in [0.2, 0.25) is 5.02 Å². The van der Waals surface area contributed by atoms with E-state index >= 15 is 4.39 Å². The number of ether oxygens (including phenoxy) is 1. The predicted octanol–water partition coefficient (Wildman–Crippen LogP) is 3.78. The molecule has 2 saturated heterocycles. The Morgan fingerprint density at radius 3 is 2.65 bits per heavy atom. The Bertz CT molecular complexity index is 2090. The van der Waals surface area contributed by atoms with Crippen molar-refractivity contribution in [3.8, 4) is 17.1 Å². The van der Waals surface area contributed by atoms with Crippen LogP contribution >= 0.6 is 11.6 Å². The molecule has 2 N–H and O–H groups in total. The first-order chi connectivity index (χ1) is 22.9. The van der Waals surface area contributed by atoms with E-state index in [-0.39, 0.29) is 33.6 Å². The van der Waals surface area contributed by atoms with Gasteiger partial charge in [0.25, 0.3) is 11.5 Å². The van der Waals surface area contributed by atoms with Gasteiger partial charge in [-0.05, 0) is 73.9 Å². The summed E-state index contributed by atoms with van der Waals surface area (Å²) in [7, 11) is 4.37. The molecule has 11 nitrogen and oxygen atoms in total. The number of aromatic nitrogens is 3. The van der Waals surface area contributed by atoms with E-state index in [1.165, 1.54) is 30.9 Å². The van der Waals surface area contributed by atoms with Gasteiger partial charge in [0.15, 0.2) is 0 Å². The number of carbonyl (C=O) groups is 2. The summed E-state index contributed by atoms with van der Waals surface area (Å²) in [5.74, 6) is -0.552. The third-order valence-electron chi connectivity index (χ3n) is 10.2. The van der Waals surface area contributed by atoms with Crippen LogP contribution in [-0.2, 0) is 25.3 Å². The van der Waals surface area contributed by atoms with Crippen molar-refractivity contribution in [2.45, 2.75) is 57.0 Å². The smallest absolute Gasteiger partial charge is 0.330 e. The van der Waals surface area contributed by atoms with Crippen molar-refractivity contribution in [1.82, 2.24) is 29.7 Å². The molecule has 2 fully saturated rings. The van der Waals surface area contributed by atoms with Crippen LogP contribution in [0.3, 0.4) is 0 Å². The normalized spacial score (nSPS) is 20.0. The molecule has 1 atom stereocenters. The molecular formula is C35H36ClFN6O5.